The van der Waals surface area contributed by atoms with Crippen LogP contribution in [0.4, 0.5) is 0 Å². The van der Waals surface area contributed by atoms with Crippen LogP contribution in [0.3, 0.4) is 0 Å². The first-order valence-electron chi connectivity index (χ1n) is 6.93. The highest BCUT2D eigenvalue weighted by Gasteiger charge is 2.34. The second-order valence-electron chi connectivity index (χ2n) is 5.55. The fourth-order valence-electron chi connectivity index (χ4n) is 2.76. The minimum absolute atomic E-state index is 0.00972. The number of aliphatic hydroxyl groups is 1. The first-order valence-corrected chi connectivity index (χ1v) is 10.2. The molecule has 1 fully saturated rings. The predicted octanol–water partition coefficient (Wildman–Crippen LogP) is -0.528. The lowest BCUT2D eigenvalue weighted by Crippen LogP contribution is -2.30. The van der Waals surface area contributed by atoms with Gasteiger partial charge in [-0.15, -0.1) is 0 Å². The van der Waals surface area contributed by atoms with Gasteiger partial charge >= 0.3 is 0 Å². The number of hydrogen-bond acceptors (Lipinski definition) is 6. The van der Waals surface area contributed by atoms with Crippen molar-refractivity contribution in [1.82, 2.24) is 14.1 Å². The zero-order valence-electron chi connectivity index (χ0n) is 12.9. The van der Waals surface area contributed by atoms with Crippen molar-refractivity contribution in [3.05, 3.63) is 11.4 Å². The molecule has 0 amide bonds. The van der Waals surface area contributed by atoms with Gasteiger partial charge in [-0.25, -0.2) is 16.8 Å². The summed E-state index contributed by atoms with van der Waals surface area (Å²) in [6, 6.07) is -0.323. The Morgan fingerprint density at radius 3 is 2.55 bits per heavy atom. The van der Waals surface area contributed by atoms with Gasteiger partial charge in [0.05, 0.1) is 35.5 Å². The summed E-state index contributed by atoms with van der Waals surface area (Å²) in [6.45, 7) is 2.93. The van der Waals surface area contributed by atoms with E-state index in [0.29, 0.717) is 17.8 Å². The van der Waals surface area contributed by atoms with Crippen molar-refractivity contribution in [3.8, 4) is 0 Å². The van der Waals surface area contributed by atoms with Crippen molar-refractivity contribution < 1.29 is 21.9 Å². The van der Waals surface area contributed by atoms with Crippen molar-refractivity contribution in [2.24, 2.45) is 0 Å². The van der Waals surface area contributed by atoms with Gasteiger partial charge in [-0.2, -0.15) is 9.40 Å². The number of rotatable bonds is 5. The zero-order chi connectivity index (χ0) is 16.7. The summed E-state index contributed by atoms with van der Waals surface area (Å²) in [5.74, 6) is 0.0867. The van der Waals surface area contributed by atoms with Crippen molar-refractivity contribution in [2.45, 2.75) is 31.2 Å². The van der Waals surface area contributed by atoms with Crippen molar-refractivity contribution in [3.63, 3.8) is 0 Å². The lowest BCUT2D eigenvalue weighted by Gasteiger charge is -2.16. The second-order valence-corrected chi connectivity index (χ2v) is 9.76. The van der Waals surface area contributed by atoms with Gasteiger partial charge in [0.15, 0.2) is 9.84 Å². The molecule has 0 bridgehead atoms. The average molecular weight is 351 g/mol. The van der Waals surface area contributed by atoms with E-state index in [4.69, 9.17) is 5.11 Å². The molecule has 0 aliphatic carbocycles. The summed E-state index contributed by atoms with van der Waals surface area (Å²) < 4.78 is 50.9. The van der Waals surface area contributed by atoms with E-state index in [0.717, 1.165) is 4.31 Å². The number of aryl methyl sites for hydroxylation is 1. The standard InChI is InChI=1S/C12H21N3O5S2/c1-9-12(22(19,20)14(3)5-6-16)10(2)15(13-9)11-4-7-21(17,18)8-11/h11,16H,4-8H2,1-3H3. The first-order chi connectivity index (χ1) is 10.1. The van der Waals surface area contributed by atoms with Gasteiger partial charge in [-0.3, -0.25) is 4.68 Å². The maximum Gasteiger partial charge on any atom is 0.246 e. The second kappa shape index (κ2) is 5.91. The number of nitrogens with zero attached hydrogens (tertiary/aromatic N) is 3. The molecule has 2 heterocycles. The van der Waals surface area contributed by atoms with Crippen LogP contribution < -0.4 is 0 Å². The average Bonchev–Trinajstić information content (AvgIpc) is 2.89. The molecule has 1 aromatic heterocycles. The summed E-state index contributed by atoms with van der Waals surface area (Å²) in [4.78, 5) is 0.0905. The predicted molar refractivity (Wildman–Crippen MR) is 80.9 cm³/mol. The fourth-order valence-corrected chi connectivity index (χ4v) is 5.97. The topological polar surface area (TPSA) is 110 Å². The van der Waals surface area contributed by atoms with E-state index in [1.807, 2.05) is 0 Å². The van der Waals surface area contributed by atoms with E-state index in [1.54, 1.807) is 13.8 Å². The number of hydrogen-bond donors (Lipinski definition) is 1. The molecule has 1 N–H and O–H groups in total. The van der Waals surface area contributed by atoms with E-state index >= 15 is 0 Å². The van der Waals surface area contributed by atoms with E-state index in [-0.39, 0.29) is 35.6 Å². The number of aliphatic hydroxyl groups excluding tert-OH is 1. The molecule has 1 unspecified atom stereocenters. The Bertz CT molecular complexity index is 767. The van der Waals surface area contributed by atoms with Crippen LogP contribution in [0.15, 0.2) is 4.90 Å². The third-order valence-corrected chi connectivity index (χ3v) is 7.76. The van der Waals surface area contributed by atoms with Crippen LogP contribution in [-0.2, 0) is 19.9 Å². The molecular weight excluding hydrogens is 330 g/mol. The lowest BCUT2D eigenvalue weighted by molar-refractivity contribution is 0.266. The molecule has 1 aliphatic heterocycles. The van der Waals surface area contributed by atoms with Gasteiger partial charge in [0.1, 0.15) is 4.90 Å². The molecule has 1 aromatic rings. The molecule has 0 spiro atoms. The minimum atomic E-state index is -3.76. The van der Waals surface area contributed by atoms with Gasteiger partial charge in [-0.1, -0.05) is 0 Å². The molecule has 1 aliphatic rings. The van der Waals surface area contributed by atoms with Crippen LogP contribution >= 0.6 is 0 Å². The van der Waals surface area contributed by atoms with E-state index in [2.05, 4.69) is 5.10 Å². The van der Waals surface area contributed by atoms with Gasteiger partial charge in [0, 0.05) is 13.6 Å². The van der Waals surface area contributed by atoms with Crippen LogP contribution in [-0.4, -0.2) is 67.7 Å². The van der Waals surface area contributed by atoms with Crippen LogP contribution in [0.1, 0.15) is 23.9 Å². The monoisotopic (exact) mass is 351 g/mol. The quantitative estimate of drug-likeness (QED) is 0.764. The summed E-state index contributed by atoms with van der Waals surface area (Å²) in [6.07, 6.45) is 0.441. The molecule has 2 rings (SSSR count). The zero-order valence-corrected chi connectivity index (χ0v) is 14.5. The highest BCUT2D eigenvalue weighted by molar-refractivity contribution is 7.91. The lowest BCUT2D eigenvalue weighted by atomic mass is 10.2. The van der Waals surface area contributed by atoms with E-state index in [9.17, 15) is 16.8 Å². The third-order valence-electron chi connectivity index (χ3n) is 3.90. The molecule has 0 radical (unpaired) electrons. The van der Waals surface area contributed by atoms with Crippen LogP contribution in [0.25, 0.3) is 0 Å². The van der Waals surface area contributed by atoms with Gasteiger partial charge in [-0.05, 0) is 20.3 Å². The molecule has 10 heteroatoms. The van der Waals surface area contributed by atoms with Crippen LogP contribution in [0, 0.1) is 13.8 Å². The Hall–Kier alpha value is -0.970. The SMILES string of the molecule is Cc1nn(C2CCS(=O)(=O)C2)c(C)c1S(=O)(=O)N(C)CCO. The molecule has 0 aromatic carbocycles. The molecule has 8 nitrogen and oxygen atoms in total. The molecule has 1 atom stereocenters. The Kier molecular flexibility index (Phi) is 4.67. The largest absolute Gasteiger partial charge is 0.395 e. The summed E-state index contributed by atoms with van der Waals surface area (Å²) in [5, 5.41) is 13.2. The summed E-state index contributed by atoms with van der Waals surface area (Å²) in [7, 11) is -5.45. The van der Waals surface area contributed by atoms with Crippen LogP contribution in [0.2, 0.25) is 0 Å². The summed E-state index contributed by atoms with van der Waals surface area (Å²) in [5.41, 5.74) is 0.774. The molecule has 0 saturated carbocycles. The number of sulfonamides is 1. The molecule has 126 valence electrons. The number of sulfone groups is 1. The molecule has 1 saturated heterocycles. The number of likely N-dealkylation sites (N-methyl/N-ethyl adjacent to an activating group) is 1. The van der Waals surface area contributed by atoms with Gasteiger partial charge in [0.2, 0.25) is 10.0 Å². The molecular formula is C12H21N3O5S2. The van der Waals surface area contributed by atoms with E-state index < -0.39 is 19.9 Å². The van der Waals surface area contributed by atoms with Crippen molar-refractivity contribution in [2.75, 3.05) is 31.7 Å². The molecule has 22 heavy (non-hydrogen) atoms. The van der Waals surface area contributed by atoms with Crippen LogP contribution in [0.5, 0.6) is 0 Å². The Morgan fingerprint density at radius 1 is 1.41 bits per heavy atom. The Labute approximate surface area is 130 Å². The van der Waals surface area contributed by atoms with Crippen molar-refractivity contribution in [1.29, 1.82) is 0 Å². The minimum Gasteiger partial charge on any atom is -0.395 e. The maximum absolute atomic E-state index is 12.6. The highest BCUT2D eigenvalue weighted by atomic mass is 32.2. The maximum atomic E-state index is 12.6. The smallest absolute Gasteiger partial charge is 0.246 e. The van der Waals surface area contributed by atoms with Gasteiger partial charge in [0.25, 0.3) is 0 Å². The fraction of sp³-hybridized carbons (Fsp3) is 0.750. The first kappa shape index (κ1) is 17.4. The number of aromatic nitrogens is 2. The van der Waals surface area contributed by atoms with Gasteiger partial charge < -0.3 is 5.11 Å². The summed E-state index contributed by atoms with van der Waals surface area (Å²) >= 11 is 0. The Morgan fingerprint density at radius 2 is 2.05 bits per heavy atom. The third kappa shape index (κ3) is 3.05. The Balaban J connectivity index is 2.44. The van der Waals surface area contributed by atoms with E-state index in [1.165, 1.54) is 11.7 Å². The van der Waals surface area contributed by atoms with Crippen molar-refractivity contribution >= 4 is 19.9 Å². The highest BCUT2D eigenvalue weighted by Crippen LogP contribution is 2.29. The normalized spacial score (nSPS) is 21.6.